The largest absolute Gasteiger partial charge is 0.348 e. The molecule has 0 spiro atoms. The lowest BCUT2D eigenvalue weighted by Gasteiger charge is -2.38. The molecule has 6 nitrogen and oxygen atoms in total. The number of amides is 3. The molecule has 1 unspecified atom stereocenters. The normalized spacial score (nSPS) is 15.4. The molecule has 1 aromatic heterocycles. The summed E-state index contributed by atoms with van der Waals surface area (Å²) in [5.41, 5.74) is 2.88. The van der Waals surface area contributed by atoms with Crippen LogP contribution in [0.25, 0.3) is 0 Å². The van der Waals surface area contributed by atoms with Crippen LogP contribution in [-0.4, -0.2) is 45.9 Å². The second-order valence-electron chi connectivity index (χ2n) is 7.34. The zero-order chi connectivity index (χ0) is 20.9. The predicted molar refractivity (Wildman–Crippen MR) is 117 cm³/mol. The number of nitrogens with one attached hydrogen (secondary N) is 1. The highest BCUT2D eigenvalue weighted by atomic mass is 16.2. The average Bonchev–Trinajstić information content (AvgIpc) is 3.26. The van der Waals surface area contributed by atoms with Gasteiger partial charge in [-0.2, -0.15) is 0 Å². The number of carbonyl (C=O) groups is 2. The molecule has 30 heavy (non-hydrogen) atoms. The summed E-state index contributed by atoms with van der Waals surface area (Å²) in [5, 5.41) is 2.87. The van der Waals surface area contributed by atoms with E-state index in [-0.39, 0.29) is 24.5 Å². The van der Waals surface area contributed by atoms with Crippen molar-refractivity contribution in [3.8, 4) is 0 Å². The Morgan fingerprint density at radius 3 is 2.37 bits per heavy atom. The maximum absolute atomic E-state index is 13.3. The monoisotopic (exact) mass is 402 g/mol. The molecule has 0 radical (unpaired) electrons. The quantitative estimate of drug-likeness (QED) is 0.702. The van der Waals surface area contributed by atoms with E-state index in [4.69, 9.17) is 0 Å². The molecule has 6 heteroatoms. The summed E-state index contributed by atoms with van der Waals surface area (Å²) in [7, 11) is 0. The second kappa shape index (κ2) is 8.86. The second-order valence-corrected chi connectivity index (χ2v) is 7.34. The fraction of sp³-hybridized carbons (Fsp3) is 0.250. The van der Waals surface area contributed by atoms with Gasteiger partial charge in [0.1, 0.15) is 6.54 Å². The Morgan fingerprint density at radius 1 is 0.967 bits per heavy atom. The number of fused-ring (bicyclic) bond motifs is 1. The van der Waals surface area contributed by atoms with Crippen LogP contribution in [0.2, 0.25) is 0 Å². The first-order chi connectivity index (χ1) is 14.7. The van der Waals surface area contributed by atoms with Gasteiger partial charge in [-0.25, -0.2) is 4.79 Å². The Morgan fingerprint density at radius 2 is 1.67 bits per heavy atom. The summed E-state index contributed by atoms with van der Waals surface area (Å²) in [6.45, 7) is 3.73. The number of carbonyl (C=O) groups excluding carboxylic acids is 2. The zero-order valence-electron chi connectivity index (χ0n) is 17.1. The Balaban J connectivity index is 1.53. The van der Waals surface area contributed by atoms with Crippen molar-refractivity contribution in [1.82, 2.24) is 14.4 Å². The van der Waals surface area contributed by atoms with Crippen LogP contribution in [0.4, 0.5) is 10.5 Å². The van der Waals surface area contributed by atoms with E-state index in [1.807, 2.05) is 78.6 Å². The minimum atomic E-state index is -0.270. The van der Waals surface area contributed by atoms with Crippen molar-refractivity contribution in [2.75, 3.05) is 25.0 Å². The molecule has 1 aliphatic rings. The van der Waals surface area contributed by atoms with Crippen molar-refractivity contribution in [2.24, 2.45) is 0 Å². The molecule has 2 heterocycles. The van der Waals surface area contributed by atoms with Crippen LogP contribution < -0.4 is 5.32 Å². The molecule has 1 atom stereocenters. The van der Waals surface area contributed by atoms with E-state index in [1.54, 1.807) is 4.90 Å². The van der Waals surface area contributed by atoms with Gasteiger partial charge >= 0.3 is 6.03 Å². The highest BCUT2D eigenvalue weighted by molar-refractivity contribution is 5.92. The predicted octanol–water partition coefficient (Wildman–Crippen LogP) is 3.97. The first kappa shape index (κ1) is 19.8. The number of aromatic nitrogens is 1. The molecule has 3 amide bonds. The number of anilines is 1. The number of benzene rings is 2. The number of hydrogen-bond donors (Lipinski definition) is 1. The van der Waals surface area contributed by atoms with Gasteiger partial charge in [-0.05, 0) is 36.8 Å². The topological polar surface area (TPSA) is 57.6 Å². The van der Waals surface area contributed by atoms with Crippen molar-refractivity contribution < 1.29 is 9.59 Å². The minimum absolute atomic E-state index is 0.0409. The third-order valence-electron chi connectivity index (χ3n) is 5.49. The molecule has 0 saturated heterocycles. The van der Waals surface area contributed by atoms with Crippen LogP contribution in [-0.2, 0) is 11.3 Å². The molecule has 1 N–H and O–H groups in total. The Hall–Kier alpha value is -3.54. The van der Waals surface area contributed by atoms with Crippen LogP contribution in [0.15, 0.2) is 79.0 Å². The molecule has 2 aromatic carbocycles. The number of likely N-dealkylation sites (N-methyl/N-ethyl adjacent to an activating group) is 1. The SMILES string of the molecule is CCN(CC(=O)N1CCn2cccc2C1c1ccccc1)C(=O)Nc1ccccc1. The number of urea groups is 1. The first-order valence-corrected chi connectivity index (χ1v) is 10.3. The van der Waals surface area contributed by atoms with Crippen molar-refractivity contribution in [1.29, 1.82) is 0 Å². The van der Waals surface area contributed by atoms with E-state index in [2.05, 4.69) is 22.1 Å². The molecule has 0 aliphatic carbocycles. The fourth-order valence-corrected chi connectivity index (χ4v) is 3.94. The summed E-state index contributed by atoms with van der Waals surface area (Å²) in [6, 6.07) is 23.0. The lowest BCUT2D eigenvalue weighted by molar-refractivity contribution is -0.134. The molecular weight excluding hydrogens is 376 g/mol. The zero-order valence-corrected chi connectivity index (χ0v) is 17.1. The van der Waals surface area contributed by atoms with E-state index in [0.717, 1.165) is 17.8 Å². The van der Waals surface area contributed by atoms with Gasteiger partial charge in [-0.3, -0.25) is 4.79 Å². The van der Waals surface area contributed by atoms with Crippen LogP contribution in [0.3, 0.4) is 0 Å². The summed E-state index contributed by atoms with van der Waals surface area (Å²) in [4.78, 5) is 29.5. The van der Waals surface area contributed by atoms with Gasteiger partial charge < -0.3 is 19.7 Å². The Labute approximate surface area is 176 Å². The maximum Gasteiger partial charge on any atom is 0.322 e. The van der Waals surface area contributed by atoms with Gasteiger partial charge in [0.15, 0.2) is 0 Å². The van der Waals surface area contributed by atoms with Gasteiger partial charge in [0, 0.05) is 37.2 Å². The van der Waals surface area contributed by atoms with E-state index in [9.17, 15) is 9.59 Å². The van der Waals surface area contributed by atoms with Crippen molar-refractivity contribution in [3.63, 3.8) is 0 Å². The van der Waals surface area contributed by atoms with Crippen LogP contribution in [0, 0.1) is 0 Å². The van der Waals surface area contributed by atoms with Crippen molar-refractivity contribution >= 4 is 17.6 Å². The van der Waals surface area contributed by atoms with Gasteiger partial charge in [0.25, 0.3) is 0 Å². The van der Waals surface area contributed by atoms with Gasteiger partial charge in [-0.1, -0.05) is 48.5 Å². The molecule has 0 bridgehead atoms. The lowest BCUT2D eigenvalue weighted by atomic mass is 10.00. The Bertz CT molecular complexity index is 1000. The molecule has 1 aliphatic heterocycles. The molecule has 4 rings (SSSR count). The van der Waals surface area contributed by atoms with Crippen molar-refractivity contribution in [2.45, 2.75) is 19.5 Å². The minimum Gasteiger partial charge on any atom is -0.348 e. The van der Waals surface area contributed by atoms with Crippen molar-refractivity contribution in [3.05, 3.63) is 90.3 Å². The number of para-hydroxylation sites is 1. The van der Waals surface area contributed by atoms with Crippen LogP contribution in [0.1, 0.15) is 24.2 Å². The molecule has 154 valence electrons. The number of rotatable bonds is 5. The number of hydrogen-bond acceptors (Lipinski definition) is 2. The van der Waals surface area contributed by atoms with Crippen LogP contribution >= 0.6 is 0 Å². The Kier molecular flexibility index (Phi) is 5.84. The fourth-order valence-electron chi connectivity index (χ4n) is 3.94. The van der Waals surface area contributed by atoms with E-state index < -0.39 is 0 Å². The summed E-state index contributed by atoms with van der Waals surface area (Å²) < 4.78 is 2.20. The molecule has 0 fully saturated rings. The first-order valence-electron chi connectivity index (χ1n) is 10.3. The highest BCUT2D eigenvalue weighted by Crippen LogP contribution is 2.32. The summed E-state index contributed by atoms with van der Waals surface area (Å²) in [6.07, 6.45) is 2.05. The third-order valence-corrected chi connectivity index (χ3v) is 5.49. The van der Waals surface area contributed by atoms with Crippen LogP contribution in [0.5, 0.6) is 0 Å². The lowest BCUT2D eigenvalue weighted by Crippen LogP contribution is -2.48. The summed E-state index contributed by atoms with van der Waals surface area (Å²) >= 11 is 0. The van der Waals surface area contributed by atoms with Gasteiger partial charge in [0.2, 0.25) is 5.91 Å². The maximum atomic E-state index is 13.3. The van der Waals surface area contributed by atoms with E-state index >= 15 is 0 Å². The molecule has 0 saturated carbocycles. The third kappa shape index (κ3) is 4.08. The van der Waals surface area contributed by atoms with Gasteiger partial charge in [-0.15, -0.1) is 0 Å². The highest BCUT2D eigenvalue weighted by Gasteiger charge is 2.33. The van der Waals surface area contributed by atoms with E-state index in [1.165, 1.54) is 0 Å². The average molecular weight is 402 g/mol. The summed E-state index contributed by atoms with van der Waals surface area (Å²) in [5.74, 6) is -0.0543. The van der Waals surface area contributed by atoms with Gasteiger partial charge in [0.05, 0.1) is 6.04 Å². The standard InChI is InChI=1S/C24H26N4O2/c1-2-26(24(30)25-20-12-7-4-8-13-20)18-22(29)28-17-16-27-15-9-14-21(27)23(28)19-10-5-3-6-11-19/h3-15,23H,2,16-18H2,1H3,(H,25,30). The molecular formula is C24H26N4O2. The molecule has 3 aromatic rings. The smallest absolute Gasteiger partial charge is 0.322 e. The number of nitrogens with zero attached hydrogens (tertiary/aromatic N) is 3. The van der Waals surface area contributed by atoms with E-state index in [0.29, 0.717) is 18.8 Å².